The summed E-state index contributed by atoms with van der Waals surface area (Å²) in [6.07, 6.45) is 3.29. The topological polar surface area (TPSA) is 63.1 Å². The minimum atomic E-state index is -1.00. The number of carboxylic acid groups (broad SMARTS) is 1. The van der Waals surface area contributed by atoms with E-state index in [1.165, 1.54) is 11.3 Å². The Labute approximate surface area is 90.3 Å². The Morgan fingerprint density at radius 2 is 2.33 bits per heavy atom. The third-order valence-electron chi connectivity index (χ3n) is 1.86. The van der Waals surface area contributed by atoms with Gasteiger partial charge in [-0.25, -0.2) is 9.78 Å². The van der Waals surface area contributed by atoms with Crippen molar-refractivity contribution in [3.63, 3.8) is 0 Å². The summed E-state index contributed by atoms with van der Waals surface area (Å²) in [5, 5.41) is 9.71. The molecule has 15 heavy (non-hydrogen) atoms. The summed E-state index contributed by atoms with van der Waals surface area (Å²) in [6.45, 7) is 1.79. The molecule has 2 heterocycles. The highest BCUT2D eigenvalue weighted by Crippen LogP contribution is 2.29. The molecule has 0 saturated heterocycles. The van der Waals surface area contributed by atoms with E-state index in [-0.39, 0.29) is 5.69 Å². The second kappa shape index (κ2) is 3.78. The van der Waals surface area contributed by atoms with Crippen molar-refractivity contribution >= 4 is 17.3 Å². The van der Waals surface area contributed by atoms with E-state index < -0.39 is 5.97 Å². The molecule has 0 aliphatic rings. The van der Waals surface area contributed by atoms with Crippen molar-refractivity contribution < 1.29 is 9.90 Å². The highest BCUT2D eigenvalue weighted by Gasteiger charge is 2.16. The third kappa shape index (κ3) is 1.87. The highest BCUT2D eigenvalue weighted by molar-refractivity contribution is 7.15. The van der Waals surface area contributed by atoms with Crippen LogP contribution in [0.15, 0.2) is 24.5 Å². The van der Waals surface area contributed by atoms with Gasteiger partial charge in [-0.2, -0.15) is 0 Å². The molecule has 0 spiro atoms. The van der Waals surface area contributed by atoms with E-state index in [4.69, 9.17) is 5.11 Å². The molecule has 2 aromatic rings. The number of nitrogens with zero attached hydrogens (tertiary/aromatic N) is 2. The number of hydrogen-bond donors (Lipinski definition) is 1. The first-order valence-corrected chi connectivity index (χ1v) is 5.11. The molecule has 0 aliphatic heterocycles. The number of pyridine rings is 1. The molecule has 0 atom stereocenters. The maximum Gasteiger partial charge on any atom is 0.356 e. The molecule has 2 rings (SSSR count). The highest BCUT2D eigenvalue weighted by atomic mass is 32.1. The summed E-state index contributed by atoms with van der Waals surface area (Å²) in [5.74, 6) is -1.00. The number of rotatable bonds is 2. The molecule has 4 nitrogen and oxygen atoms in total. The van der Waals surface area contributed by atoms with Crippen LogP contribution in [0.1, 0.15) is 15.5 Å². The van der Waals surface area contributed by atoms with Crippen LogP contribution in [0, 0.1) is 6.92 Å². The van der Waals surface area contributed by atoms with Crippen LogP contribution in [0.5, 0.6) is 0 Å². The Morgan fingerprint density at radius 1 is 1.53 bits per heavy atom. The second-order valence-corrected chi connectivity index (χ2v) is 4.16. The van der Waals surface area contributed by atoms with Crippen LogP contribution in [0.4, 0.5) is 0 Å². The minimum absolute atomic E-state index is 0.102. The molecular weight excluding hydrogens is 212 g/mol. The predicted octanol–water partition coefficient (Wildman–Crippen LogP) is 2.21. The Hall–Kier alpha value is -1.75. The molecule has 0 aromatic carbocycles. The standard InChI is InChI=1S/C10H8N2O2S/c1-6-12-8(10(13)14)9(15-6)7-3-2-4-11-5-7/h2-5H,1H3,(H,13,14). The molecule has 0 bridgehead atoms. The van der Waals surface area contributed by atoms with Gasteiger partial charge in [0, 0.05) is 18.0 Å². The number of carbonyl (C=O) groups is 1. The van der Waals surface area contributed by atoms with Crippen molar-refractivity contribution in [2.24, 2.45) is 0 Å². The Kier molecular flexibility index (Phi) is 2.47. The molecule has 0 fully saturated rings. The summed E-state index contributed by atoms with van der Waals surface area (Å²) < 4.78 is 0. The average molecular weight is 220 g/mol. The monoisotopic (exact) mass is 220 g/mol. The van der Waals surface area contributed by atoms with Crippen LogP contribution in [0.25, 0.3) is 10.4 Å². The Morgan fingerprint density at radius 3 is 2.93 bits per heavy atom. The van der Waals surface area contributed by atoms with Crippen LogP contribution in [0.2, 0.25) is 0 Å². The smallest absolute Gasteiger partial charge is 0.356 e. The van der Waals surface area contributed by atoms with E-state index in [0.29, 0.717) is 4.88 Å². The van der Waals surface area contributed by atoms with Crippen molar-refractivity contribution in [2.45, 2.75) is 6.92 Å². The fourth-order valence-electron chi connectivity index (χ4n) is 1.26. The molecule has 5 heteroatoms. The number of aromatic nitrogens is 2. The summed E-state index contributed by atoms with van der Waals surface area (Å²) in [7, 11) is 0. The lowest BCUT2D eigenvalue weighted by Crippen LogP contribution is -1.98. The molecule has 0 saturated carbocycles. The van der Waals surface area contributed by atoms with E-state index in [9.17, 15) is 4.79 Å². The summed E-state index contributed by atoms with van der Waals surface area (Å²) in [6, 6.07) is 3.60. The lowest BCUT2D eigenvalue weighted by Gasteiger charge is -1.96. The van der Waals surface area contributed by atoms with Crippen LogP contribution in [0.3, 0.4) is 0 Å². The van der Waals surface area contributed by atoms with Gasteiger partial charge in [0.05, 0.1) is 9.88 Å². The van der Waals surface area contributed by atoms with E-state index in [1.807, 2.05) is 6.07 Å². The third-order valence-corrected chi connectivity index (χ3v) is 2.88. The second-order valence-electron chi connectivity index (χ2n) is 2.96. The van der Waals surface area contributed by atoms with Crippen molar-refractivity contribution in [2.75, 3.05) is 0 Å². The molecular formula is C10H8N2O2S. The summed E-state index contributed by atoms with van der Waals surface area (Å²) in [5.41, 5.74) is 0.894. The Bertz CT molecular complexity index is 493. The van der Waals surface area contributed by atoms with Gasteiger partial charge < -0.3 is 5.11 Å². The normalized spacial score (nSPS) is 10.2. The van der Waals surface area contributed by atoms with Gasteiger partial charge in [0.1, 0.15) is 0 Å². The van der Waals surface area contributed by atoms with E-state index >= 15 is 0 Å². The SMILES string of the molecule is Cc1nc(C(=O)O)c(-c2cccnc2)s1. The minimum Gasteiger partial charge on any atom is -0.476 e. The maximum atomic E-state index is 10.9. The fourth-order valence-corrected chi connectivity index (χ4v) is 2.17. The molecule has 2 aromatic heterocycles. The quantitative estimate of drug-likeness (QED) is 0.842. The van der Waals surface area contributed by atoms with Gasteiger partial charge in [0.25, 0.3) is 0 Å². The number of carboxylic acids is 1. The lowest BCUT2D eigenvalue weighted by atomic mass is 10.2. The van der Waals surface area contributed by atoms with Gasteiger partial charge in [0.15, 0.2) is 5.69 Å². The number of thiazole rings is 1. The van der Waals surface area contributed by atoms with Gasteiger partial charge in [-0.1, -0.05) is 6.07 Å². The number of hydrogen-bond acceptors (Lipinski definition) is 4. The first-order chi connectivity index (χ1) is 7.18. The van der Waals surface area contributed by atoms with Crippen molar-refractivity contribution in [1.29, 1.82) is 0 Å². The van der Waals surface area contributed by atoms with Gasteiger partial charge in [0.2, 0.25) is 0 Å². The zero-order valence-corrected chi connectivity index (χ0v) is 8.78. The van der Waals surface area contributed by atoms with E-state index in [2.05, 4.69) is 9.97 Å². The van der Waals surface area contributed by atoms with Crippen LogP contribution >= 0.6 is 11.3 Å². The van der Waals surface area contributed by atoms with Gasteiger partial charge in [-0.05, 0) is 13.0 Å². The van der Waals surface area contributed by atoms with Crippen LogP contribution in [-0.4, -0.2) is 21.0 Å². The zero-order valence-electron chi connectivity index (χ0n) is 7.97. The maximum absolute atomic E-state index is 10.9. The molecule has 76 valence electrons. The molecule has 0 aliphatic carbocycles. The number of aromatic carboxylic acids is 1. The van der Waals surface area contributed by atoms with Crippen molar-refractivity contribution in [1.82, 2.24) is 9.97 Å². The summed E-state index contributed by atoms with van der Waals surface area (Å²) >= 11 is 1.36. The number of aryl methyl sites for hydroxylation is 1. The molecule has 0 unspecified atom stereocenters. The zero-order chi connectivity index (χ0) is 10.8. The molecule has 1 N–H and O–H groups in total. The fraction of sp³-hybridized carbons (Fsp3) is 0.100. The van der Waals surface area contributed by atoms with E-state index in [0.717, 1.165) is 10.6 Å². The lowest BCUT2D eigenvalue weighted by molar-refractivity contribution is 0.0692. The van der Waals surface area contributed by atoms with Crippen LogP contribution in [-0.2, 0) is 0 Å². The predicted molar refractivity (Wildman–Crippen MR) is 57.0 cm³/mol. The molecule has 0 amide bonds. The van der Waals surface area contributed by atoms with Crippen LogP contribution < -0.4 is 0 Å². The van der Waals surface area contributed by atoms with E-state index in [1.54, 1.807) is 25.4 Å². The van der Waals surface area contributed by atoms with Gasteiger partial charge in [-0.3, -0.25) is 4.98 Å². The van der Waals surface area contributed by atoms with Gasteiger partial charge in [-0.15, -0.1) is 11.3 Å². The van der Waals surface area contributed by atoms with Crippen molar-refractivity contribution in [3.8, 4) is 10.4 Å². The largest absolute Gasteiger partial charge is 0.476 e. The Balaban J connectivity index is 2.58. The first kappa shape index (κ1) is 9.79. The summed E-state index contributed by atoms with van der Waals surface area (Å²) in [4.78, 5) is 19.5. The average Bonchev–Trinajstić information content (AvgIpc) is 2.62. The first-order valence-electron chi connectivity index (χ1n) is 4.29. The van der Waals surface area contributed by atoms with Crippen molar-refractivity contribution in [3.05, 3.63) is 35.2 Å². The van der Waals surface area contributed by atoms with Gasteiger partial charge >= 0.3 is 5.97 Å². The molecule has 0 radical (unpaired) electrons.